The molecule has 1 N–H and O–H groups in total. The van der Waals surface area contributed by atoms with Crippen molar-refractivity contribution in [2.75, 3.05) is 13.7 Å². The molecule has 1 aromatic carbocycles. The highest BCUT2D eigenvalue weighted by Gasteiger charge is 2.30. The van der Waals surface area contributed by atoms with Crippen LogP contribution in [0, 0.1) is 11.8 Å². The zero-order chi connectivity index (χ0) is 22.4. The van der Waals surface area contributed by atoms with Gasteiger partial charge in [0.05, 0.1) is 19.6 Å². The average Bonchev–Trinajstić information content (AvgIpc) is 3.59. The third-order valence-corrected chi connectivity index (χ3v) is 5.33. The third-order valence-electron chi connectivity index (χ3n) is 5.33. The summed E-state index contributed by atoms with van der Waals surface area (Å²) < 4.78 is 16.8. The minimum absolute atomic E-state index is 0.123. The lowest BCUT2D eigenvalue weighted by Crippen LogP contribution is -2.29. The van der Waals surface area contributed by atoms with Crippen LogP contribution >= 0.6 is 0 Å². The summed E-state index contributed by atoms with van der Waals surface area (Å²) >= 11 is 0. The number of nitrogens with zero attached hydrogens (tertiary/aromatic N) is 1. The Morgan fingerprint density at radius 1 is 1.16 bits per heavy atom. The number of methoxy groups -OCH3 is 1. The molecule has 1 aliphatic carbocycles. The Labute approximate surface area is 182 Å². The van der Waals surface area contributed by atoms with E-state index in [9.17, 15) is 14.7 Å². The summed E-state index contributed by atoms with van der Waals surface area (Å²) in [4.78, 5) is 29.2. The first-order valence-corrected chi connectivity index (χ1v) is 10.5. The zero-order valence-corrected chi connectivity index (χ0v) is 18.1. The molecule has 0 saturated heterocycles. The molecule has 0 unspecified atom stereocenters. The first-order chi connectivity index (χ1) is 14.9. The van der Waals surface area contributed by atoms with Crippen molar-refractivity contribution in [3.8, 4) is 11.5 Å². The Balaban J connectivity index is 1.62. The summed E-state index contributed by atoms with van der Waals surface area (Å²) in [5.74, 6) is -1.27. The van der Waals surface area contributed by atoms with Crippen molar-refractivity contribution in [2.45, 2.75) is 45.3 Å². The first-order valence-electron chi connectivity index (χ1n) is 10.5. The van der Waals surface area contributed by atoms with Crippen LogP contribution in [0.25, 0.3) is 0 Å². The summed E-state index contributed by atoms with van der Waals surface area (Å²) in [7, 11) is 1.39. The second kappa shape index (κ2) is 10.4. The van der Waals surface area contributed by atoms with Crippen molar-refractivity contribution < 1.29 is 28.9 Å². The van der Waals surface area contributed by atoms with Gasteiger partial charge in [-0.3, -0.25) is 9.59 Å². The third kappa shape index (κ3) is 6.04. The van der Waals surface area contributed by atoms with Crippen LogP contribution in [-0.4, -0.2) is 41.7 Å². The largest absolute Gasteiger partial charge is 0.503 e. The van der Waals surface area contributed by atoms with Crippen LogP contribution in [0.3, 0.4) is 0 Å². The highest BCUT2D eigenvalue weighted by atomic mass is 16.6. The summed E-state index contributed by atoms with van der Waals surface area (Å²) in [5, 5.41) is 10.1. The van der Waals surface area contributed by atoms with E-state index in [1.807, 2.05) is 30.3 Å². The van der Waals surface area contributed by atoms with Crippen molar-refractivity contribution in [3.63, 3.8) is 0 Å². The summed E-state index contributed by atoms with van der Waals surface area (Å²) in [6.07, 6.45) is 2.67. The molecule has 166 valence electrons. The van der Waals surface area contributed by atoms with Crippen molar-refractivity contribution in [1.82, 2.24) is 4.98 Å². The fourth-order valence-electron chi connectivity index (χ4n) is 3.29. The number of esters is 1. The van der Waals surface area contributed by atoms with E-state index in [2.05, 4.69) is 4.98 Å². The summed E-state index contributed by atoms with van der Waals surface area (Å²) in [5.41, 5.74) is 0.819. The van der Waals surface area contributed by atoms with Gasteiger partial charge >= 0.3 is 5.97 Å². The lowest BCUT2D eigenvalue weighted by Gasteiger charge is -2.26. The van der Waals surface area contributed by atoms with Gasteiger partial charge in [0.25, 0.3) is 0 Å². The molecule has 3 atom stereocenters. The monoisotopic (exact) mass is 427 g/mol. The maximum absolute atomic E-state index is 12.7. The van der Waals surface area contributed by atoms with Crippen LogP contribution in [0.5, 0.6) is 11.5 Å². The van der Waals surface area contributed by atoms with Gasteiger partial charge < -0.3 is 19.3 Å². The summed E-state index contributed by atoms with van der Waals surface area (Å²) in [6.45, 7) is 4.05. The SMILES string of the molecule is COc1ccnc(C(=O)C[C@@H](C)C(=O)O[C@@H](C)[C@@H](OCC2CC2)c2ccccc2)c1O. The molecule has 7 heteroatoms. The number of rotatable bonds is 11. The molecule has 0 amide bonds. The van der Waals surface area contributed by atoms with Gasteiger partial charge in [-0.2, -0.15) is 0 Å². The first kappa shape index (κ1) is 22.7. The highest BCUT2D eigenvalue weighted by molar-refractivity contribution is 5.99. The number of aromatic hydroxyl groups is 1. The van der Waals surface area contributed by atoms with Gasteiger partial charge in [-0.05, 0) is 31.2 Å². The molecule has 0 spiro atoms. The molecule has 7 nitrogen and oxygen atoms in total. The van der Waals surface area contributed by atoms with E-state index in [1.54, 1.807) is 13.8 Å². The fraction of sp³-hybridized carbons (Fsp3) is 0.458. The molecule has 2 aromatic rings. The fourth-order valence-corrected chi connectivity index (χ4v) is 3.29. The summed E-state index contributed by atoms with van der Waals surface area (Å²) in [6, 6.07) is 11.1. The Kier molecular flexibility index (Phi) is 7.63. The molecule has 1 saturated carbocycles. The second-order valence-corrected chi connectivity index (χ2v) is 7.99. The van der Waals surface area contributed by atoms with Gasteiger partial charge in [0, 0.05) is 18.7 Å². The number of ketones is 1. The van der Waals surface area contributed by atoms with Crippen LogP contribution in [0.15, 0.2) is 42.6 Å². The minimum Gasteiger partial charge on any atom is -0.503 e. The van der Waals surface area contributed by atoms with Crippen LogP contribution in [0.4, 0.5) is 0 Å². The predicted molar refractivity (Wildman–Crippen MR) is 114 cm³/mol. The van der Waals surface area contributed by atoms with E-state index in [0.29, 0.717) is 12.5 Å². The van der Waals surface area contributed by atoms with Gasteiger partial charge in [-0.25, -0.2) is 4.98 Å². The molecule has 0 aliphatic heterocycles. The molecule has 31 heavy (non-hydrogen) atoms. The van der Waals surface area contributed by atoms with Crippen molar-refractivity contribution in [3.05, 3.63) is 53.9 Å². The topological polar surface area (TPSA) is 95.0 Å². The number of Topliss-reactive ketones (excluding diaryl/α,β-unsaturated/α-hetero) is 1. The van der Waals surface area contributed by atoms with Crippen LogP contribution in [-0.2, 0) is 14.3 Å². The van der Waals surface area contributed by atoms with E-state index in [1.165, 1.54) is 32.2 Å². The number of hydrogen-bond acceptors (Lipinski definition) is 7. The zero-order valence-electron chi connectivity index (χ0n) is 18.1. The number of pyridine rings is 1. The molecule has 0 bridgehead atoms. The van der Waals surface area contributed by atoms with Crippen molar-refractivity contribution in [1.29, 1.82) is 0 Å². The standard InChI is InChI=1S/C24H29NO6/c1-15(13-19(26)21-22(27)20(29-3)11-12-25-21)24(28)31-16(2)23(30-14-17-9-10-17)18-7-5-4-6-8-18/h4-8,11-12,15-17,23,27H,9-10,13-14H2,1-3H3/t15-,16+,23-/m1/s1. The van der Waals surface area contributed by atoms with E-state index < -0.39 is 23.8 Å². The maximum atomic E-state index is 12.7. The van der Waals surface area contributed by atoms with E-state index >= 15 is 0 Å². The molecule has 3 rings (SSSR count). The molecule has 1 aromatic heterocycles. The Morgan fingerprint density at radius 3 is 2.52 bits per heavy atom. The van der Waals surface area contributed by atoms with Gasteiger partial charge in [0.15, 0.2) is 23.0 Å². The predicted octanol–water partition coefficient (Wildman–Crippen LogP) is 4.10. The van der Waals surface area contributed by atoms with Gasteiger partial charge in [-0.1, -0.05) is 37.3 Å². The molecular weight excluding hydrogens is 398 g/mol. The molecular formula is C24H29NO6. The van der Waals surface area contributed by atoms with Crippen LogP contribution in [0.1, 0.15) is 55.3 Å². The highest BCUT2D eigenvalue weighted by Crippen LogP contribution is 2.33. The molecule has 0 radical (unpaired) electrons. The van der Waals surface area contributed by atoms with Crippen molar-refractivity contribution >= 4 is 11.8 Å². The number of carbonyl (C=O) groups excluding carboxylic acids is 2. The molecule has 1 fully saturated rings. The maximum Gasteiger partial charge on any atom is 0.309 e. The smallest absolute Gasteiger partial charge is 0.309 e. The normalized spacial score (nSPS) is 16.2. The Bertz CT molecular complexity index is 896. The van der Waals surface area contributed by atoms with Gasteiger partial charge in [0.2, 0.25) is 0 Å². The van der Waals surface area contributed by atoms with E-state index in [-0.39, 0.29) is 29.7 Å². The number of carbonyl (C=O) groups is 2. The lowest BCUT2D eigenvalue weighted by molar-refractivity contribution is -0.161. The quantitative estimate of drug-likeness (QED) is 0.426. The van der Waals surface area contributed by atoms with Gasteiger partial charge in [-0.15, -0.1) is 0 Å². The lowest BCUT2D eigenvalue weighted by atomic mass is 10.0. The van der Waals surface area contributed by atoms with Gasteiger partial charge in [0.1, 0.15) is 12.2 Å². The van der Waals surface area contributed by atoms with Crippen LogP contribution in [0.2, 0.25) is 0 Å². The number of aromatic nitrogens is 1. The second-order valence-electron chi connectivity index (χ2n) is 7.99. The average molecular weight is 427 g/mol. The Hall–Kier alpha value is -2.93. The number of ether oxygens (including phenoxy) is 3. The number of hydrogen-bond donors (Lipinski definition) is 1. The minimum atomic E-state index is -0.706. The molecule has 1 heterocycles. The number of benzene rings is 1. The Morgan fingerprint density at radius 2 is 1.87 bits per heavy atom. The van der Waals surface area contributed by atoms with E-state index in [0.717, 1.165) is 5.56 Å². The molecule has 1 aliphatic rings. The van der Waals surface area contributed by atoms with E-state index in [4.69, 9.17) is 14.2 Å². The van der Waals surface area contributed by atoms with Crippen LogP contribution < -0.4 is 4.74 Å². The van der Waals surface area contributed by atoms with Crippen molar-refractivity contribution in [2.24, 2.45) is 11.8 Å².